The predicted molar refractivity (Wildman–Crippen MR) is 75.4 cm³/mol. The third kappa shape index (κ3) is 2.47. The largest absolute Gasteiger partial charge is 0.361 e. The number of alkyl halides is 2. The van der Waals surface area contributed by atoms with Crippen molar-refractivity contribution in [1.29, 1.82) is 0 Å². The first-order valence-corrected chi connectivity index (χ1v) is 6.21. The number of rotatable bonds is 3. The first kappa shape index (κ1) is 12.6. The van der Waals surface area contributed by atoms with Crippen molar-refractivity contribution in [2.75, 3.05) is 5.32 Å². The molecule has 0 atom stereocenters. The minimum Gasteiger partial charge on any atom is -0.361 e. The lowest BCUT2D eigenvalue weighted by molar-refractivity contribution is 0.0174. The van der Waals surface area contributed by atoms with Gasteiger partial charge in [-0.25, -0.2) is 13.8 Å². The molecule has 3 rings (SSSR count). The summed E-state index contributed by atoms with van der Waals surface area (Å²) in [5.74, 6) is -2.47. The lowest BCUT2D eigenvalue weighted by atomic mass is 10.1. The van der Waals surface area contributed by atoms with Crippen LogP contribution in [-0.2, 0) is 5.92 Å². The fourth-order valence-electron chi connectivity index (χ4n) is 2.05. The molecule has 0 radical (unpaired) electrons. The second kappa shape index (κ2) is 4.59. The number of fused-ring (bicyclic) bond motifs is 1. The summed E-state index contributed by atoms with van der Waals surface area (Å²) < 4.78 is 26.6. The molecular formula is C15H13F2N3. The number of nitrogens with one attached hydrogen (secondary N) is 2. The zero-order valence-corrected chi connectivity index (χ0v) is 10.8. The van der Waals surface area contributed by atoms with Crippen molar-refractivity contribution in [3.63, 3.8) is 0 Å². The Bertz CT molecular complexity index is 744. The van der Waals surface area contributed by atoms with Gasteiger partial charge in [-0.1, -0.05) is 0 Å². The standard InChI is InChI=1S/C15H13F2N3/c1-15(16,17)11-5-7-19-14(9-11)20-12-2-3-13-10(8-12)4-6-18-13/h2-9,18H,1H3,(H,19,20). The average molecular weight is 273 g/mol. The van der Waals surface area contributed by atoms with E-state index in [1.54, 1.807) is 0 Å². The van der Waals surface area contributed by atoms with Gasteiger partial charge in [0.1, 0.15) is 5.82 Å². The van der Waals surface area contributed by atoms with Crippen LogP contribution in [0.25, 0.3) is 10.9 Å². The van der Waals surface area contributed by atoms with E-state index in [1.807, 2.05) is 30.5 Å². The van der Waals surface area contributed by atoms with Crippen molar-refractivity contribution in [2.45, 2.75) is 12.8 Å². The summed E-state index contributed by atoms with van der Waals surface area (Å²) in [4.78, 5) is 7.16. The summed E-state index contributed by atoms with van der Waals surface area (Å²) in [6.07, 6.45) is 3.23. The molecule has 0 saturated carbocycles. The summed E-state index contributed by atoms with van der Waals surface area (Å²) in [5, 5.41) is 4.09. The molecule has 102 valence electrons. The van der Waals surface area contributed by atoms with E-state index in [-0.39, 0.29) is 5.56 Å². The molecule has 1 aromatic carbocycles. The number of aromatic amines is 1. The molecule has 5 heteroatoms. The number of hydrogen-bond acceptors (Lipinski definition) is 2. The van der Waals surface area contributed by atoms with E-state index < -0.39 is 5.92 Å². The van der Waals surface area contributed by atoms with E-state index in [2.05, 4.69) is 15.3 Å². The Kier molecular flexibility index (Phi) is 2.89. The normalized spacial score (nSPS) is 11.8. The molecule has 0 fully saturated rings. The highest BCUT2D eigenvalue weighted by Gasteiger charge is 2.24. The fraction of sp³-hybridized carbons (Fsp3) is 0.133. The molecule has 0 saturated heterocycles. The van der Waals surface area contributed by atoms with Crippen LogP contribution >= 0.6 is 0 Å². The van der Waals surface area contributed by atoms with Crippen molar-refractivity contribution in [3.05, 3.63) is 54.4 Å². The van der Waals surface area contributed by atoms with Gasteiger partial charge in [0.15, 0.2) is 0 Å². The van der Waals surface area contributed by atoms with Crippen molar-refractivity contribution in [3.8, 4) is 0 Å². The molecule has 0 bridgehead atoms. The highest BCUT2D eigenvalue weighted by molar-refractivity contribution is 5.83. The molecule has 0 aliphatic heterocycles. The van der Waals surface area contributed by atoms with Crippen LogP contribution in [0.2, 0.25) is 0 Å². The van der Waals surface area contributed by atoms with E-state index in [0.717, 1.165) is 23.5 Å². The lowest BCUT2D eigenvalue weighted by Gasteiger charge is -2.12. The molecule has 0 aliphatic carbocycles. The monoisotopic (exact) mass is 273 g/mol. The van der Waals surface area contributed by atoms with Crippen molar-refractivity contribution >= 4 is 22.4 Å². The zero-order chi connectivity index (χ0) is 14.2. The molecule has 3 nitrogen and oxygen atoms in total. The van der Waals surface area contributed by atoms with Gasteiger partial charge in [0, 0.05) is 41.5 Å². The minimum absolute atomic E-state index is 0.0577. The Morgan fingerprint density at radius 2 is 2.00 bits per heavy atom. The van der Waals surface area contributed by atoms with Crippen LogP contribution in [0, 0.1) is 0 Å². The third-order valence-corrected chi connectivity index (χ3v) is 3.09. The van der Waals surface area contributed by atoms with Crippen molar-refractivity contribution in [2.24, 2.45) is 0 Å². The van der Waals surface area contributed by atoms with Crippen LogP contribution < -0.4 is 5.32 Å². The number of benzene rings is 1. The number of H-pyrrole nitrogens is 1. The maximum atomic E-state index is 13.3. The highest BCUT2D eigenvalue weighted by atomic mass is 19.3. The number of hydrogen-bond donors (Lipinski definition) is 2. The highest BCUT2D eigenvalue weighted by Crippen LogP contribution is 2.29. The van der Waals surface area contributed by atoms with Gasteiger partial charge < -0.3 is 10.3 Å². The molecule has 20 heavy (non-hydrogen) atoms. The molecule has 2 aromatic heterocycles. The molecule has 0 unspecified atom stereocenters. The van der Waals surface area contributed by atoms with Gasteiger partial charge in [-0.05, 0) is 36.4 Å². The van der Waals surface area contributed by atoms with Crippen LogP contribution in [0.4, 0.5) is 20.3 Å². The minimum atomic E-state index is -2.87. The van der Waals surface area contributed by atoms with Gasteiger partial charge in [-0.3, -0.25) is 0 Å². The van der Waals surface area contributed by atoms with E-state index in [4.69, 9.17) is 0 Å². The fourth-order valence-corrected chi connectivity index (χ4v) is 2.05. The first-order valence-electron chi connectivity index (χ1n) is 6.21. The Morgan fingerprint density at radius 1 is 1.15 bits per heavy atom. The summed E-state index contributed by atoms with van der Waals surface area (Å²) in [7, 11) is 0. The van der Waals surface area contributed by atoms with E-state index in [1.165, 1.54) is 18.3 Å². The third-order valence-electron chi connectivity index (χ3n) is 3.09. The van der Waals surface area contributed by atoms with Gasteiger partial charge in [-0.2, -0.15) is 0 Å². The Balaban J connectivity index is 1.90. The Morgan fingerprint density at radius 3 is 2.80 bits per heavy atom. The molecule has 2 heterocycles. The summed E-state index contributed by atoms with van der Waals surface area (Å²) in [6.45, 7) is 0.873. The second-order valence-electron chi connectivity index (χ2n) is 4.72. The topological polar surface area (TPSA) is 40.7 Å². The summed E-state index contributed by atoms with van der Waals surface area (Å²) >= 11 is 0. The van der Waals surface area contributed by atoms with Crippen LogP contribution in [0.15, 0.2) is 48.8 Å². The van der Waals surface area contributed by atoms with Crippen LogP contribution in [-0.4, -0.2) is 9.97 Å². The van der Waals surface area contributed by atoms with E-state index in [0.29, 0.717) is 5.82 Å². The van der Waals surface area contributed by atoms with Gasteiger partial charge in [-0.15, -0.1) is 0 Å². The maximum absolute atomic E-state index is 13.3. The number of pyridine rings is 1. The Hall–Kier alpha value is -2.43. The van der Waals surface area contributed by atoms with Crippen LogP contribution in [0.3, 0.4) is 0 Å². The summed E-state index contributed by atoms with van der Waals surface area (Å²) in [5.41, 5.74) is 1.77. The predicted octanol–water partition coefficient (Wildman–Crippen LogP) is 4.42. The number of halogens is 2. The maximum Gasteiger partial charge on any atom is 0.270 e. The van der Waals surface area contributed by atoms with Crippen molar-refractivity contribution < 1.29 is 8.78 Å². The quantitative estimate of drug-likeness (QED) is 0.741. The van der Waals surface area contributed by atoms with Gasteiger partial charge >= 0.3 is 0 Å². The van der Waals surface area contributed by atoms with E-state index in [9.17, 15) is 8.78 Å². The smallest absolute Gasteiger partial charge is 0.270 e. The van der Waals surface area contributed by atoms with Gasteiger partial charge in [0.05, 0.1) is 0 Å². The van der Waals surface area contributed by atoms with Crippen molar-refractivity contribution in [1.82, 2.24) is 9.97 Å². The molecule has 0 spiro atoms. The van der Waals surface area contributed by atoms with Gasteiger partial charge in [0.25, 0.3) is 5.92 Å². The SMILES string of the molecule is CC(F)(F)c1ccnc(Nc2ccc3[nH]ccc3c2)c1. The molecule has 3 aromatic rings. The van der Waals surface area contributed by atoms with E-state index >= 15 is 0 Å². The lowest BCUT2D eigenvalue weighted by Crippen LogP contribution is -2.07. The average Bonchev–Trinajstić information content (AvgIpc) is 2.85. The van der Waals surface area contributed by atoms with Gasteiger partial charge in [0.2, 0.25) is 0 Å². The summed E-state index contributed by atoms with van der Waals surface area (Å²) in [6, 6.07) is 10.4. The second-order valence-corrected chi connectivity index (χ2v) is 4.72. The first-order chi connectivity index (χ1) is 9.52. The van der Waals surface area contributed by atoms with Crippen LogP contribution in [0.5, 0.6) is 0 Å². The molecular weight excluding hydrogens is 260 g/mol. The van der Waals surface area contributed by atoms with Crippen LogP contribution in [0.1, 0.15) is 12.5 Å². The molecule has 0 aliphatic rings. The number of aromatic nitrogens is 2. The Labute approximate surface area is 114 Å². The molecule has 0 amide bonds. The zero-order valence-electron chi connectivity index (χ0n) is 10.8. The number of nitrogens with zero attached hydrogens (tertiary/aromatic N) is 1. The molecule has 2 N–H and O–H groups in total. The number of anilines is 2.